The Labute approximate surface area is 185 Å². The molecule has 0 saturated carbocycles. The minimum atomic E-state index is -1.28. The molecule has 158 valence electrons. The lowest BCUT2D eigenvalue weighted by molar-refractivity contribution is -0.149. The van der Waals surface area contributed by atoms with E-state index in [1.54, 1.807) is 86.6 Å². The van der Waals surface area contributed by atoms with Crippen LogP contribution in [0.5, 0.6) is 11.5 Å². The van der Waals surface area contributed by atoms with Crippen molar-refractivity contribution in [3.8, 4) is 11.5 Å². The summed E-state index contributed by atoms with van der Waals surface area (Å²) < 4.78 is 11.2. The van der Waals surface area contributed by atoms with Gasteiger partial charge in [0.2, 0.25) is 5.60 Å². The summed E-state index contributed by atoms with van der Waals surface area (Å²) >= 11 is 5.86. The van der Waals surface area contributed by atoms with E-state index in [2.05, 4.69) is 0 Å². The van der Waals surface area contributed by atoms with Gasteiger partial charge in [-0.05, 0) is 93.6 Å². The third kappa shape index (κ3) is 5.58. The van der Waals surface area contributed by atoms with Crippen LogP contribution in [0.3, 0.4) is 0 Å². The maximum absolute atomic E-state index is 12.6. The van der Waals surface area contributed by atoms with Crippen molar-refractivity contribution < 1.29 is 23.9 Å². The second-order valence-electron chi connectivity index (χ2n) is 7.44. The Morgan fingerprint density at radius 1 is 0.710 bits per heavy atom. The summed E-state index contributed by atoms with van der Waals surface area (Å²) in [7, 11) is 0. The van der Waals surface area contributed by atoms with Crippen LogP contribution in [0, 0.1) is 0 Å². The Bertz CT molecular complexity index is 1100. The third-order valence-electron chi connectivity index (χ3n) is 4.56. The molecule has 0 amide bonds. The number of benzene rings is 3. The average molecular weight is 437 g/mol. The van der Waals surface area contributed by atoms with Gasteiger partial charge in [0, 0.05) is 21.7 Å². The van der Waals surface area contributed by atoms with Gasteiger partial charge in [0.05, 0.1) is 0 Å². The number of hydrogen-bond donors (Lipinski definition) is 0. The lowest BCUT2D eigenvalue weighted by Crippen LogP contribution is -2.41. The molecule has 0 unspecified atom stereocenters. The molecule has 31 heavy (non-hydrogen) atoms. The Morgan fingerprint density at radius 3 is 1.68 bits per heavy atom. The Kier molecular flexibility index (Phi) is 6.56. The minimum absolute atomic E-state index is 0.0699. The molecule has 0 heterocycles. The predicted octanol–water partition coefficient (Wildman–Crippen LogP) is 5.54. The SMILES string of the molecule is CC(=O)c1ccc(OC(=O)C(C)(C)Oc2ccc(C(=O)c3ccc(Cl)cc3)cc2)cc1. The minimum Gasteiger partial charge on any atom is -0.476 e. The summed E-state index contributed by atoms with van der Waals surface area (Å²) in [5, 5.41) is 0.559. The number of carbonyl (C=O) groups excluding carboxylic acids is 3. The molecule has 6 heteroatoms. The zero-order chi connectivity index (χ0) is 22.6. The molecular weight excluding hydrogens is 416 g/mol. The van der Waals surface area contributed by atoms with Gasteiger partial charge < -0.3 is 9.47 Å². The van der Waals surface area contributed by atoms with Crippen molar-refractivity contribution in [2.75, 3.05) is 0 Å². The van der Waals surface area contributed by atoms with Crippen molar-refractivity contribution in [2.24, 2.45) is 0 Å². The van der Waals surface area contributed by atoms with E-state index in [4.69, 9.17) is 21.1 Å². The van der Waals surface area contributed by atoms with E-state index >= 15 is 0 Å². The molecule has 0 aliphatic heterocycles. The Hall–Kier alpha value is -3.44. The van der Waals surface area contributed by atoms with Crippen LogP contribution in [0.4, 0.5) is 0 Å². The van der Waals surface area contributed by atoms with Crippen LogP contribution < -0.4 is 9.47 Å². The largest absolute Gasteiger partial charge is 0.476 e. The average Bonchev–Trinajstić information content (AvgIpc) is 2.74. The summed E-state index contributed by atoms with van der Waals surface area (Å²) in [5.74, 6) is -0.0723. The molecule has 0 fully saturated rings. The van der Waals surface area contributed by atoms with E-state index in [9.17, 15) is 14.4 Å². The molecule has 0 spiro atoms. The number of ketones is 2. The van der Waals surface area contributed by atoms with E-state index in [-0.39, 0.29) is 11.6 Å². The van der Waals surface area contributed by atoms with E-state index in [1.165, 1.54) is 6.92 Å². The second-order valence-corrected chi connectivity index (χ2v) is 7.88. The second kappa shape index (κ2) is 9.14. The predicted molar refractivity (Wildman–Crippen MR) is 118 cm³/mol. The summed E-state index contributed by atoms with van der Waals surface area (Å²) in [6, 6.07) is 19.5. The molecule has 0 atom stereocenters. The topological polar surface area (TPSA) is 69.7 Å². The fraction of sp³-hybridized carbons (Fsp3) is 0.160. The van der Waals surface area contributed by atoms with Crippen molar-refractivity contribution in [1.29, 1.82) is 0 Å². The van der Waals surface area contributed by atoms with Gasteiger partial charge in [-0.1, -0.05) is 11.6 Å². The molecular formula is C25H21ClO5. The molecule has 3 aromatic carbocycles. The van der Waals surface area contributed by atoms with Gasteiger partial charge in [0.15, 0.2) is 11.6 Å². The molecule has 3 aromatic rings. The van der Waals surface area contributed by atoms with Gasteiger partial charge in [-0.25, -0.2) is 4.79 Å². The van der Waals surface area contributed by atoms with Gasteiger partial charge in [-0.15, -0.1) is 0 Å². The summed E-state index contributed by atoms with van der Waals surface area (Å²) in [5.41, 5.74) is 0.267. The Balaban J connectivity index is 1.66. The van der Waals surface area contributed by atoms with Crippen LogP contribution in [0.15, 0.2) is 72.8 Å². The van der Waals surface area contributed by atoms with E-state index in [1.807, 2.05) is 0 Å². The van der Waals surface area contributed by atoms with E-state index < -0.39 is 11.6 Å². The summed E-state index contributed by atoms with van der Waals surface area (Å²) in [6.07, 6.45) is 0. The fourth-order valence-corrected chi connectivity index (χ4v) is 2.89. The quantitative estimate of drug-likeness (QED) is 0.276. The highest BCUT2D eigenvalue weighted by atomic mass is 35.5. The summed E-state index contributed by atoms with van der Waals surface area (Å²) in [4.78, 5) is 36.5. The highest BCUT2D eigenvalue weighted by Crippen LogP contribution is 2.23. The molecule has 0 aliphatic carbocycles. The maximum atomic E-state index is 12.6. The Morgan fingerprint density at radius 2 is 1.16 bits per heavy atom. The fourth-order valence-electron chi connectivity index (χ4n) is 2.77. The van der Waals surface area contributed by atoms with Gasteiger partial charge in [0.1, 0.15) is 11.5 Å². The molecule has 5 nitrogen and oxygen atoms in total. The van der Waals surface area contributed by atoms with Crippen molar-refractivity contribution in [3.63, 3.8) is 0 Å². The van der Waals surface area contributed by atoms with Crippen LogP contribution in [0.2, 0.25) is 5.02 Å². The van der Waals surface area contributed by atoms with Crippen LogP contribution in [-0.2, 0) is 4.79 Å². The van der Waals surface area contributed by atoms with Crippen LogP contribution in [0.1, 0.15) is 47.1 Å². The molecule has 3 rings (SSSR count). The number of carbonyl (C=O) groups is 3. The highest BCUT2D eigenvalue weighted by Gasteiger charge is 2.32. The first-order chi connectivity index (χ1) is 14.7. The molecule has 0 aliphatic rings. The first kappa shape index (κ1) is 22.2. The first-order valence-electron chi connectivity index (χ1n) is 9.58. The van der Waals surface area contributed by atoms with Gasteiger partial charge in [-0.2, -0.15) is 0 Å². The molecule has 0 saturated heterocycles. The van der Waals surface area contributed by atoms with Crippen LogP contribution in [0.25, 0.3) is 0 Å². The molecule has 0 N–H and O–H groups in total. The van der Waals surface area contributed by atoms with E-state index in [0.29, 0.717) is 33.2 Å². The van der Waals surface area contributed by atoms with Crippen molar-refractivity contribution >= 4 is 29.1 Å². The van der Waals surface area contributed by atoms with Gasteiger partial charge in [-0.3, -0.25) is 9.59 Å². The zero-order valence-corrected chi connectivity index (χ0v) is 18.1. The lowest BCUT2D eigenvalue weighted by Gasteiger charge is -2.24. The number of rotatable bonds is 7. The maximum Gasteiger partial charge on any atom is 0.355 e. The number of halogens is 1. The number of hydrogen-bond acceptors (Lipinski definition) is 5. The highest BCUT2D eigenvalue weighted by molar-refractivity contribution is 6.30. The lowest BCUT2D eigenvalue weighted by atomic mass is 10.0. The van der Waals surface area contributed by atoms with Crippen molar-refractivity contribution in [1.82, 2.24) is 0 Å². The normalized spacial score (nSPS) is 11.0. The molecule has 0 radical (unpaired) electrons. The van der Waals surface area contributed by atoms with Crippen LogP contribution in [-0.4, -0.2) is 23.1 Å². The molecule has 0 bridgehead atoms. The number of ether oxygens (including phenoxy) is 2. The van der Waals surface area contributed by atoms with Gasteiger partial charge in [0.25, 0.3) is 0 Å². The zero-order valence-electron chi connectivity index (χ0n) is 17.3. The number of esters is 1. The summed E-state index contributed by atoms with van der Waals surface area (Å²) in [6.45, 7) is 4.64. The first-order valence-corrected chi connectivity index (χ1v) is 9.96. The molecule has 0 aromatic heterocycles. The standard InChI is InChI=1S/C25H21ClO5/c1-16(27)17-6-12-21(13-7-17)30-24(29)25(2,3)31-22-14-8-19(9-15-22)23(28)18-4-10-20(26)11-5-18/h4-15H,1-3H3. The van der Waals surface area contributed by atoms with Crippen LogP contribution >= 0.6 is 11.6 Å². The monoisotopic (exact) mass is 436 g/mol. The third-order valence-corrected chi connectivity index (χ3v) is 4.81. The van der Waals surface area contributed by atoms with E-state index in [0.717, 1.165) is 0 Å². The van der Waals surface area contributed by atoms with Gasteiger partial charge >= 0.3 is 5.97 Å². The van der Waals surface area contributed by atoms with Crippen molar-refractivity contribution in [3.05, 3.63) is 94.5 Å². The smallest absolute Gasteiger partial charge is 0.355 e. The number of Topliss-reactive ketones (excluding diaryl/α,β-unsaturated/α-hetero) is 1. The van der Waals surface area contributed by atoms with Crippen molar-refractivity contribution in [2.45, 2.75) is 26.4 Å².